The number of nitrogens with one attached hydrogen (secondary N) is 2. The van der Waals surface area contributed by atoms with Crippen LogP contribution >= 0.6 is 24.0 Å². The van der Waals surface area contributed by atoms with Crippen molar-refractivity contribution in [2.24, 2.45) is 10.9 Å². The van der Waals surface area contributed by atoms with Gasteiger partial charge < -0.3 is 19.8 Å². The lowest BCUT2D eigenvalue weighted by Crippen LogP contribution is -2.37. The molecule has 0 amide bonds. The third-order valence-corrected chi connectivity index (χ3v) is 4.44. The van der Waals surface area contributed by atoms with Crippen LogP contribution in [0, 0.1) is 5.92 Å². The van der Waals surface area contributed by atoms with E-state index >= 15 is 0 Å². The van der Waals surface area contributed by atoms with Crippen molar-refractivity contribution in [3.05, 3.63) is 59.5 Å². The first kappa shape index (κ1) is 26.5. The Hall–Kier alpha value is -1.58. The van der Waals surface area contributed by atoms with E-state index in [1.165, 1.54) is 11.1 Å². The monoisotopic (exact) mass is 528 g/mol. The van der Waals surface area contributed by atoms with Crippen LogP contribution in [-0.2, 0) is 24.4 Å². The lowest BCUT2D eigenvalue weighted by atomic mass is 10.1. The van der Waals surface area contributed by atoms with Crippen molar-refractivity contribution in [1.82, 2.24) is 15.5 Å². The van der Waals surface area contributed by atoms with Crippen molar-refractivity contribution < 1.29 is 9.15 Å². The number of hydrogen-bond acceptors (Lipinski definition) is 4. The van der Waals surface area contributed by atoms with Crippen LogP contribution in [0.5, 0.6) is 0 Å². The molecule has 0 bridgehead atoms. The fraction of sp³-hybridized carbons (Fsp3) is 0.522. The number of hydrogen-bond donors (Lipinski definition) is 2. The van der Waals surface area contributed by atoms with E-state index in [0.29, 0.717) is 5.92 Å². The number of benzene rings is 1. The van der Waals surface area contributed by atoms with Gasteiger partial charge in [0.2, 0.25) is 0 Å². The first-order chi connectivity index (χ1) is 14.1. The van der Waals surface area contributed by atoms with Crippen LogP contribution in [0.3, 0.4) is 0 Å². The molecular weight excluding hydrogens is 491 g/mol. The highest BCUT2D eigenvalue weighted by atomic mass is 127. The molecule has 0 aliphatic carbocycles. The summed E-state index contributed by atoms with van der Waals surface area (Å²) in [6.45, 7) is 9.13. The molecule has 0 radical (unpaired) electrons. The molecule has 2 aromatic rings. The Morgan fingerprint density at radius 3 is 2.53 bits per heavy atom. The van der Waals surface area contributed by atoms with Gasteiger partial charge in [0.25, 0.3) is 0 Å². The molecule has 0 atom stereocenters. The summed E-state index contributed by atoms with van der Waals surface area (Å²) in [4.78, 5) is 6.57. The minimum atomic E-state index is 0. The van der Waals surface area contributed by atoms with Crippen LogP contribution in [0.15, 0.2) is 52.1 Å². The van der Waals surface area contributed by atoms with Crippen LogP contribution in [0.2, 0.25) is 0 Å². The Morgan fingerprint density at radius 2 is 1.87 bits per heavy atom. The Kier molecular flexibility index (Phi) is 13.5. The summed E-state index contributed by atoms with van der Waals surface area (Å²) < 4.78 is 11.1. The first-order valence-electron chi connectivity index (χ1n) is 10.4. The van der Waals surface area contributed by atoms with Crippen LogP contribution in [0.1, 0.15) is 37.2 Å². The normalized spacial score (nSPS) is 11.6. The van der Waals surface area contributed by atoms with E-state index in [0.717, 1.165) is 57.5 Å². The van der Waals surface area contributed by atoms with Gasteiger partial charge in [-0.15, -0.1) is 24.0 Å². The Labute approximate surface area is 198 Å². The zero-order valence-electron chi connectivity index (χ0n) is 18.7. The van der Waals surface area contributed by atoms with Crippen molar-refractivity contribution >= 4 is 29.9 Å². The van der Waals surface area contributed by atoms with Gasteiger partial charge in [0, 0.05) is 39.9 Å². The third-order valence-electron chi connectivity index (χ3n) is 4.44. The molecule has 0 fully saturated rings. The molecule has 7 heteroatoms. The summed E-state index contributed by atoms with van der Waals surface area (Å²) in [5.74, 6) is 2.37. The van der Waals surface area contributed by atoms with Gasteiger partial charge in [-0.1, -0.05) is 38.1 Å². The predicted molar refractivity (Wildman–Crippen MR) is 134 cm³/mol. The Balaban J connectivity index is 0.00000450. The number of halogens is 1. The largest absolute Gasteiger partial charge is 0.468 e. The second-order valence-electron chi connectivity index (χ2n) is 7.70. The fourth-order valence-electron chi connectivity index (χ4n) is 3.00. The Morgan fingerprint density at radius 1 is 1.10 bits per heavy atom. The van der Waals surface area contributed by atoms with Gasteiger partial charge >= 0.3 is 0 Å². The van der Waals surface area contributed by atoms with Crippen molar-refractivity contribution in [2.45, 2.75) is 39.9 Å². The molecular formula is C23H37IN4O2. The van der Waals surface area contributed by atoms with Gasteiger partial charge in [0.15, 0.2) is 5.96 Å². The zero-order chi connectivity index (χ0) is 20.9. The minimum Gasteiger partial charge on any atom is -0.468 e. The fourth-order valence-corrected chi connectivity index (χ4v) is 3.00. The molecule has 2 N–H and O–H groups in total. The van der Waals surface area contributed by atoms with Gasteiger partial charge in [-0.25, -0.2) is 0 Å². The van der Waals surface area contributed by atoms with E-state index in [1.54, 1.807) is 13.3 Å². The molecule has 0 aliphatic rings. The number of guanidine groups is 1. The average Bonchev–Trinajstić information content (AvgIpc) is 3.20. The van der Waals surface area contributed by atoms with Crippen molar-refractivity contribution in [1.29, 1.82) is 0 Å². The number of rotatable bonds is 12. The van der Waals surface area contributed by atoms with Gasteiger partial charge in [0.1, 0.15) is 5.76 Å². The maximum atomic E-state index is 5.62. The molecule has 1 aromatic carbocycles. The molecule has 0 aliphatic heterocycles. The SMILES string of the molecule is CN=C(NCCCOCC(C)C)NCc1ccccc1CN(C)Cc1ccco1.I. The number of furan rings is 1. The summed E-state index contributed by atoms with van der Waals surface area (Å²) in [7, 11) is 3.90. The quantitative estimate of drug-likeness (QED) is 0.187. The highest BCUT2D eigenvalue weighted by Gasteiger charge is 2.08. The number of ether oxygens (including phenoxy) is 1. The van der Waals surface area contributed by atoms with Crippen LogP contribution in [0.4, 0.5) is 0 Å². The average molecular weight is 528 g/mol. The lowest BCUT2D eigenvalue weighted by molar-refractivity contribution is 0.108. The molecule has 168 valence electrons. The highest BCUT2D eigenvalue weighted by molar-refractivity contribution is 14.0. The molecule has 1 heterocycles. The highest BCUT2D eigenvalue weighted by Crippen LogP contribution is 2.13. The van der Waals surface area contributed by atoms with Crippen molar-refractivity contribution in [3.63, 3.8) is 0 Å². The van der Waals surface area contributed by atoms with Crippen LogP contribution in [0.25, 0.3) is 0 Å². The van der Waals surface area contributed by atoms with Gasteiger partial charge in [-0.3, -0.25) is 9.89 Å². The first-order valence-corrected chi connectivity index (χ1v) is 10.4. The molecule has 1 aromatic heterocycles. The van der Waals surface area contributed by atoms with E-state index in [9.17, 15) is 0 Å². The summed E-state index contributed by atoms with van der Waals surface area (Å²) in [5, 5.41) is 6.77. The number of nitrogens with zero attached hydrogens (tertiary/aromatic N) is 2. The zero-order valence-corrected chi connectivity index (χ0v) is 21.0. The van der Waals surface area contributed by atoms with E-state index in [4.69, 9.17) is 9.15 Å². The van der Waals surface area contributed by atoms with E-state index in [2.05, 4.69) is 65.7 Å². The minimum absolute atomic E-state index is 0. The second-order valence-corrected chi connectivity index (χ2v) is 7.70. The summed E-state index contributed by atoms with van der Waals surface area (Å²) >= 11 is 0. The Bertz CT molecular complexity index is 720. The molecule has 30 heavy (non-hydrogen) atoms. The van der Waals surface area contributed by atoms with Crippen molar-refractivity contribution in [3.8, 4) is 0 Å². The van der Waals surface area contributed by atoms with Crippen molar-refractivity contribution in [2.75, 3.05) is 33.9 Å². The standard InChI is InChI=1S/C23H36N4O2.HI/c1-19(2)18-28-13-8-12-25-23(24-3)26-15-20-9-5-6-10-21(20)16-27(4)17-22-11-7-14-29-22;/h5-7,9-11,14,19H,8,12-13,15-18H2,1-4H3,(H2,24,25,26);1H. The second kappa shape index (κ2) is 15.3. The molecule has 0 saturated carbocycles. The van der Waals surface area contributed by atoms with E-state index in [-0.39, 0.29) is 24.0 Å². The summed E-state index contributed by atoms with van der Waals surface area (Å²) in [5.41, 5.74) is 2.56. The summed E-state index contributed by atoms with van der Waals surface area (Å²) in [6, 6.07) is 12.4. The maximum Gasteiger partial charge on any atom is 0.191 e. The smallest absolute Gasteiger partial charge is 0.191 e. The molecule has 2 rings (SSSR count). The third kappa shape index (κ3) is 10.4. The van der Waals surface area contributed by atoms with Crippen LogP contribution in [-0.4, -0.2) is 44.7 Å². The van der Waals surface area contributed by atoms with Gasteiger partial charge in [-0.2, -0.15) is 0 Å². The predicted octanol–water partition coefficient (Wildman–Crippen LogP) is 4.26. The molecule has 0 saturated heterocycles. The van der Waals surface area contributed by atoms with E-state index in [1.807, 2.05) is 12.1 Å². The summed E-state index contributed by atoms with van der Waals surface area (Å²) in [6.07, 6.45) is 2.68. The molecule has 6 nitrogen and oxygen atoms in total. The number of aliphatic imine (C=N–C) groups is 1. The molecule has 0 unspecified atom stereocenters. The van der Waals surface area contributed by atoms with Gasteiger partial charge in [0.05, 0.1) is 12.8 Å². The maximum absolute atomic E-state index is 5.62. The van der Waals surface area contributed by atoms with E-state index < -0.39 is 0 Å². The van der Waals surface area contributed by atoms with Crippen LogP contribution < -0.4 is 10.6 Å². The van der Waals surface area contributed by atoms with Gasteiger partial charge in [-0.05, 0) is 42.6 Å². The topological polar surface area (TPSA) is 62.0 Å². The lowest BCUT2D eigenvalue weighted by Gasteiger charge is -2.19. The molecule has 0 spiro atoms.